The van der Waals surface area contributed by atoms with E-state index < -0.39 is 0 Å². The Hall–Kier alpha value is -0.870. The Morgan fingerprint density at radius 2 is 1.85 bits per heavy atom. The Balaban J connectivity index is 1.60. The lowest BCUT2D eigenvalue weighted by atomic mass is 9.98. The zero-order valence-electron chi connectivity index (χ0n) is 11.8. The van der Waals surface area contributed by atoms with Crippen LogP contribution < -0.4 is 5.32 Å². The van der Waals surface area contributed by atoms with Crippen molar-refractivity contribution in [1.82, 2.24) is 10.2 Å². The topological polar surface area (TPSA) is 32.3 Å². The molecule has 2 aliphatic rings. The monoisotopic (exact) mass is 336 g/mol. The second-order valence-electron chi connectivity index (χ2n) is 6.07. The first-order valence-electron chi connectivity index (χ1n) is 7.38. The van der Waals surface area contributed by atoms with Gasteiger partial charge in [0, 0.05) is 29.6 Å². The van der Waals surface area contributed by atoms with Crippen LogP contribution in [0.2, 0.25) is 0 Å². The van der Waals surface area contributed by atoms with Gasteiger partial charge in [0.05, 0.1) is 6.42 Å². The Morgan fingerprint density at radius 3 is 2.45 bits per heavy atom. The van der Waals surface area contributed by atoms with Crippen LogP contribution in [-0.2, 0) is 11.2 Å². The Morgan fingerprint density at radius 1 is 1.25 bits per heavy atom. The molecule has 2 saturated heterocycles. The largest absolute Gasteiger partial charge is 0.342 e. The molecule has 2 atom stereocenters. The van der Waals surface area contributed by atoms with Gasteiger partial charge in [0.2, 0.25) is 5.91 Å². The molecule has 4 heteroatoms. The normalized spacial score (nSPS) is 28.4. The van der Waals surface area contributed by atoms with Gasteiger partial charge in [-0.2, -0.15) is 0 Å². The number of carbonyl (C=O) groups excluding carboxylic acids is 1. The Labute approximate surface area is 128 Å². The average Bonchev–Trinajstić information content (AvgIpc) is 2.79. The van der Waals surface area contributed by atoms with Crippen molar-refractivity contribution in [3.8, 4) is 0 Å². The van der Waals surface area contributed by atoms with Gasteiger partial charge < -0.3 is 10.2 Å². The van der Waals surface area contributed by atoms with E-state index in [9.17, 15) is 4.79 Å². The molecule has 2 aliphatic heterocycles. The van der Waals surface area contributed by atoms with Gasteiger partial charge in [0.15, 0.2) is 0 Å². The van der Waals surface area contributed by atoms with Crippen molar-refractivity contribution in [2.24, 2.45) is 0 Å². The van der Waals surface area contributed by atoms with Gasteiger partial charge in [0.1, 0.15) is 0 Å². The lowest BCUT2D eigenvalue weighted by Crippen LogP contribution is -2.49. The molecule has 1 N–H and O–H groups in total. The second-order valence-corrected chi connectivity index (χ2v) is 6.99. The van der Waals surface area contributed by atoms with Crippen molar-refractivity contribution < 1.29 is 4.79 Å². The molecule has 0 aliphatic carbocycles. The number of hydrogen-bond donors (Lipinski definition) is 1. The van der Waals surface area contributed by atoms with E-state index in [-0.39, 0.29) is 5.91 Å². The quantitative estimate of drug-likeness (QED) is 0.920. The summed E-state index contributed by atoms with van der Waals surface area (Å²) < 4.78 is 1.05. The van der Waals surface area contributed by atoms with Gasteiger partial charge in [-0.1, -0.05) is 28.1 Å². The van der Waals surface area contributed by atoms with Crippen LogP contribution in [0.25, 0.3) is 0 Å². The minimum atomic E-state index is 0.235. The Bertz CT molecular complexity index is 476. The number of hydrogen-bond acceptors (Lipinski definition) is 2. The van der Waals surface area contributed by atoms with Crippen LogP contribution in [-0.4, -0.2) is 36.0 Å². The maximum Gasteiger partial charge on any atom is 0.226 e. The SMILES string of the molecule is CN(C(=O)Cc1ccc(Br)cc1)C1CC2CCC(C1)N2. The first-order valence-corrected chi connectivity index (χ1v) is 8.17. The van der Waals surface area contributed by atoms with Crippen LogP contribution in [0.4, 0.5) is 0 Å². The van der Waals surface area contributed by atoms with E-state index in [1.807, 2.05) is 36.2 Å². The second kappa shape index (κ2) is 5.86. The first-order chi connectivity index (χ1) is 9.61. The fourth-order valence-corrected chi connectivity index (χ4v) is 3.71. The molecule has 20 heavy (non-hydrogen) atoms. The molecule has 0 radical (unpaired) electrons. The fourth-order valence-electron chi connectivity index (χ4n) is 3.45. The number of likely N-dealkylation sites (N-methyl/N-ethyl adjacent to an activating group) is 1. The highest BCUT2D eigenvalue weighted by Gasteiger charge is 2.36. The van der Waals surface area contributed by atoms with Crippen LogP contribution in [0.5, 0.6) is 0 Å². The van der Waals surface area contributed by atoms with E-state index in [1.54, 1.807) is 0 Å². The van der Waals surface area contributed by atoms with Crippen LogP contribution in [0.3, 0.4) is 0 Å². The van der Waals surface area contributed by atoms with E-state index in [2.05, 4.69) is 21.2 Å². The number of piperidine rings is 1. The summed E-state index contributed by atoms with van der Waals surface area (Å²) in [4.78, 5) is 14.4. The van der Waals surface area contributed by atoms with Crippen molar-refractivity contribution >= 4 is 21.8 Å². The summed E-state index contributed by atoms with van der Waals surface area (Å²) in [5.74, 6) is 0.235. The zero-order valence-corrected chi connectivity index (χ0v) is 13.4. The van der Waals surface area contributed by atoms with Crippen molar-refractivity contribution in [3.05, 3.63) is 34.3 Å². The standard InChI is InChI=1S/C16H21BrN2O/c1-19(15-9-13-6-7-14(10-15)18-13)16(20)8-11-2-4-12(17)5-3-11/h2-5,13-15,18H,6-10H2,1H3. The number of carbonyl (C=O) groups is 1. The lowest BCUT2D eigenvalue weighted by molar-refractivity contribution is -0.131. The summed E-state index contributed by atoms with van der Waals surface area (Å²) in [6.07, 6.45) is 5.27. The number of benzene rings is 1. The van der Waals surface area contributed by atoms with Gasteiger partial charge in [-0.05, 0) is 43.4 Å². The van der Waals surface area contributed by atoms with E-state index in [0.29, 0.717) is 24.5 Å². The van der Waals surface area contributed by atoms with Gasteiger partial charge in [-0.3, -0.25) is 4.79 Å². The maximum absolute atomic E-state index is 12.4. The highest BCUT2D eigenvalue weighted by Crippen LogP contribution is 2.29. The van der Waals surface area contributed by atoms with E-state index in [4.69, 9.17) is 0 Å². The molecule has 1 aromatic carbocycles. The van der Waals surface area contributed by atoms with E-state index >= 15 is 0 Å². The molecule has 0 aromatic heterocycles. The van der Waals surface area contributed by atoms with Crippen molar-refractivity contribution in [2.45, 2.75) is 50.2 Å². The summed E-state index contributed by atoms with van der Waals surface area (Å²) in [7, 11) is 1.97. The third-order valence-electron chi connectivity index (χ3n) is 4.66. The molecular weight excluding hydrogens is 316 g/mol. The summed E-state index contributed by atoms with van der Waals surface area (Å²) in [6, 6.07) is 9.69. The van der Waals surface area contributed by atoms with Crippen molar-refractivity contribution in [1.29, 1.82) is 0 Å². The highest BCUT2D eigenvalue weighted by molar-refractivity contribution is 9.10. The number of nitrogens with one attached hydrogen (secondary N) is 1. The molecule has 1 amide bonds. The van der Waals surface area contributed by atoms with E-state index in [1.165, 1.54) is 12.8 Å². The van der Waals surface area contributed by atoms with Gasteiger partial charge in [0.25, 0.3) is 0 Å². The third-order valence-corrected chi connectivity index (χ3v) is 5.19. The average molecular weight is 337 g/mol. The molecule has 108 valence electrons. The van der Waals surface area contributed by atoms with Crippen LogP contribution in [0.1, 0.15) is 31.2 Å². The Kier molecular flexibility index (Phi) is 4.13. The van der Waals surface area contributed by atoms with Crippen LogP contribution in [0, 0.1) is 0 Å². The molecule has 3 nitrogen and oxygen atoms in total. The van der Waals surface area contributed by atoms with Gasteiger partial charge >= 0.3 is 0 Å². The minimum Gasteiger partial charge on any atom is -0.342 e. The molecule has 1 aromatic rings. The first kappa shape index (κ1) is 14.1. The summed E-state index contributed by atoms with van der Waals surface area (Å²) >= 11 is 3.42. The minimum absolute atomic E-state index is 0.235. The predicted octanol–water partition coefficient (Wildman–Crippen LogP) is 2.73. The molecule has 3 rings (SSSR count). The van der Waals surface area contributed by atoms with Crippen LogP contribution >= 0.6 is 15.9 Å². The maximum atomic E-state index is 12.4. The number of nitrogens with zero attached hydrogens (tertiary/aromatic N) is 1. The number of fused-ring (bicyclic) bond motifs is 2. The molecule has 2 bridgehead atoms. The molecule has 0 spiro atoms. The van der Waals surface area contributed by atoms with Gasteiger partial charge in [-0.25, -0.2) is 0 Å². The zero-order chi connectivity index (χ0) is 14.1. The van der Waals surface area contributed by atoms with E-state index in [0.717, 1.165) is 22.9 Å². The number of rotatable bonds is 3. The number of halogens is 1. The fraction of sp³-hybridized carbons (Fsp3) is 0.562. The molecule has 2 fully saturated rings. The summed E-state index contributed by atoms with van der Waals surface area (Å²) in [6.45, 7) is 0. The smallest absolute Gasteiger partial charge is 0.226 e. The van der Waals surface area contributed by atoms with Crippen LogP contribution in [0.15, 0.2) is 28.7 Å². The molecule has 0 saturated carbocycles. The summed E-state index contributed by atoms with van der Waals surface area (Å²) in [5.41, 5.74) is 1.09. The predicted molar refractivity (Wildman–Crippen MR) is 83.6 cm³/mol. The highest BCUT2D eigenvalue weighted by atomic mass is 79.9. The molecule has 2 heterocycles. The lowest BCUT2D eigenvalue weighted by Gasteiger charge is -2.35. The third kappa shape index (κ3) is 3.07. The summed E-state index contributed by atoms with van der Waals surface area (Å²) in [5, 5.41) is 3.63. The molecule has 2 unspecified atom stereocenters. The van der Waals surface area contributed by atoms with Crippen molar-refractivity contribution in [3.63, 3.8) is 0 Å². The van der Waals surface area contributed by atoms with Gasteiger partial charge in [-0.15, -0.1) is 0 Å². The molecular formula is C16H21BrN2O. The number of amides is 1. The van der Waals surface area contributed by atoms with Crippen molar-refractivity contribution in [2.75, 3.05) is 7.05 Å².